The van der Waals surface area contributed by atoms with Crippen LogP contribution in [0.3, 0.4) is 0 Å². The summed E-state index contributed by atoms with van der Waals surface area (Å²) in [6.07, 6.45) is 0.805. The minimum atomic E-state index is -0.0698. The Bertz CT molecular complexity index is 330. The molecule has 0 saturated heterocycles. The van der Waals surface area contributed by atoms with Crippen LogP contribution in [0.15, 0.2) is 12.1 Å². The maximum atomic E-state index is 11.5. The van der Waals surface area contributed by atoms with Crippen molar-refractivity contribution in [2.24, 2.45) is 0 Å². The van der Waals surface area contributed by atoms with Crippen molar-refractivity contribution in [3.63, 3.8) is 0 Å². The van der Waals surface area contributed by atoms with E-state index in [0.717, 1.165) is 17.9 Å². The van der Waals surface area contributed by atoms with Crippen LogP contribution in [0.4, 0.5) is 0 Å². The van der Waals surface area contributed by atoms with Crippen LogP contribution >= 0.6 is 34.7 Å². The first kappa shape index (κ1) is 13.8. The molecule has 1 amide bonds. The summed E-state index contributed by atoms with van der Waals surface area (Å²) in [5.74, 6) is 1.72. The number of thiophene rings is 1. The monoisotopic (exact) mass is 279 g/mol. The van der Waals surface area contributed by atoms with E-state index >= 15 is 0 Å². The lowest BCUT2D eigenvalue weighted by Crippen LogP contribution is -2.24. The average molecular weight is 280 g/mol. The van der Waals surface area contributed by atoms with Crippen molar-refractivity contribution in [3.05, 3.63) is 21.3 Å². The van der Waals surface area contributed by atoms with Crippen LogP contribution in [0.1, 0.15) is 16.1 Å². The number of carbonyl (C=O) groups excluding carboxylic acids is 1. The summed E-state index contributed by atoms with van der Waals surface area (Å²) < 4.78 is 0.627. The quantitative estimate of drug-likeness (QED) is 0.753. The van der Waals surface area contributed by atoms with Crippen molar-refractivity contribution in [2.45, 2.75) is 6.42 Å². The zero-order chi connectivity index (χ0) is 11.8. The number of aliphatic hydroxyl groups is 1. The summed E-state index contributed by atoms with van der Waals surface area (Å²) in [6, 6.07) is 3.44. The van der Waals surface area contributed by atoms with Gasteiger partial charge < -0.3 is 10.4 Å². The van der Waals surface area contributed by atoms with Gasteiger partial charge in [0.25, 0.3) is 5.91 Å². The Hall–Kier alpha value is -0.230. The molecule has 6 heteroatoms. The van der Waals surface area contributed by atoms with Crippen molar-refractivity contribution in [1.29, 1.82) is 0 Å². The maximum absolute atomic E-state index is 11.5. The number of aliphatic hydroxyl groups excluding tert-OH is 1. The predicted molar refractivity (Wildman–Crippen MR) is 70.7 cm³/mol. The first-order chi connectivity index (χ1) is 7.74. The molecular weight excluding hydrogens is 266 g/mol. The summed E-state index contributed by atoms with van der Waals surface area (Å²) in [6.45, 7) is 0.873. The second kappa shape index (κ2) is 7.95. The molecule has 3 nitrogen and oxygen atoms in total. The van der Waals surface area contributed by atoms with Crippen molar-refractivity contribution in [3.8, 4) is 0 Å². The number of rotatable bonds is 7. The Labute approximate surface area is 108 Å². The fourth-order valence-corrected chi connectivity index (χ4v) is 2.77. The van der Waals surface area contributed by atoms with Gasteiger partial charge in [0.2, 0.25) is 0 Å². The molecule has 0 fully saturated rings. The second-order valence-electron chi connectivity index (χ2n) is 3.05. The molecule has 0 aliphatic rings. The van der Waals surface area contributed by atoms with Crippen LogP contribution in [0.5, 0.6) is 0 Å². The van der Waals surface area contributed by atoms with Gasteiger partial charge in [0, 0.05) is 18.9 Å². The van der Waals surface area contributed by atoms with Crippen LogP contribution in [0.2, 0.25) is 4.34 Å². The zero-order valence-corrected chi connectivity index (χ0v) is 11.1. The Morgan fingerprint density at radius 3 is 2.94 bits per heavy atom. The third-order valence-electron chi connectivity index (χ3n) is 1.78. The number of hydrogen-bond acceptors (Lipinski definition) is 4. The minimum Gasteiger partial charge on any atom is -0.396 e. The van der Waals surface area contributed by atoms with E-state index in [1.165, 1.54) is 11.3 Å². The van der Waals surface area contributed by atoms with Crippen molar-refractivity contribution in [1.82, 2.24) is 5.32 Å². The first-order valence-corrected chi connectivity index (χ1v) is 7.31. The summed E-state index contributed by atoms with van der Waals surface area (Å²) >= 11 is 8.74. The van der Waals surface area contributed by atoms with Crippen molar-refractivity contribution in [2.75, 3.05) is 24.7 Å². The Morgan fingerprint density at radius 2 is 2.31 bits per heavy atom. The van der Waals surface area contributed by atoms with Crippen LogP contribution in [0, 0.1) is 0 Å². The van der Waals surface area contributed by atoms with Gasteiger partial charge in [-0.25, -0.2) is 0 Å². The number of thioether (sulfide) groups is 1. The summed E-state index contributed by atoms with van der Waals surface area (Å²) in [7, 11) is 0. The molecule has 0 aromatic carbocycles. The van der Waals surface area contributed by atoms with Gasteiger partial charge in [0.1, 0.15) is 0 Å². The van der Waals surface area contributed by atoms with Gasteiger partial charge in [-0.05, 0) is 24.3 Å². The summed E-state index contributed by atoms with van der Waals surface area (Å²) in [5, 5.41) is 11.4. The molecule has 2 N–H and O–H groups in total. The number of hydrogen-bond donors (Lipinski definition) is 2. The van der Waals surface area contributed by atoms with Crippen molar-refractivity contribution < 1.29 is 9.90 Å². The normalized spacial score (nSPS) is 10.4. The van der Waals surface area contributed by atoms with Crippen LogP contribution in [0.25, 0.3) is 0 Å². The van der Waals surface area contributed by atoms with Gasteiger partial charge in [0.15, 0.2) is 0 Å². The molecule has 1 aromatic rings. The van der Waals surface area contributed by atoms with Crippen LogP contribution in [-0.2, 0) is 0 Å². The minimum absolute atomic E-state index is 0.0698. The highest BCUT2D eigenvalue weighted by Gasteiger charge is 2.07. The van der Waals surface area contributed by atoms with Gasteiger partial charge >= 0.3 is 0 Å². The number of halogens is 1. The third kappa shape index (κ3) is 5.21. The molecule has 0 radical (unpaired) electrons. The zero-order valence-electron chi connectivity index (χ0n) is 8.74. The van der Waals surface area contributed by atoms with Gasteiger partial charge in [0.05, 0.1) is 9.21 Å². The lowest BCUT2D eigenvalue weighted by atomic mass is 10.4. The fourth-order valence-electron chi connectivity index (χ4n) is 1.03. The van der Waals surface area contributed by atoms with E-state index in [-0.39, 0.29) is 12.5 Å². The molecule has 0 bridgehead atoms. The molecule has 1 heterocycles. The van der Waals surface area contributed by atoms with E-state index < -0.39 is 0 Å². The molecular formula is C10H14ClNO2S2. The molecule has 16 heavy (non-hydrogen) atoms. The van der Waals surface area contributed by atoms with E-state index in [9.17, 15) is 4.79 Å². The molecule has 1 rings (SSSR count). The first-order valence-electron chi connectivity index (χ1n) is 4.96. The lowest BCUT2D eigenvalue weighted by molar-refractivity contribution is 0.0960. The highest BCUT2D eigenvalue weighted by Crippen LogP contribution is 2.20. The highest BCUT2D eigenvalue weighted by atomic mass is 35.5. The largest absolute Gasteiger partial charge is 0.396 e. The van der Waals surface area contributed by atoms with Gasteiger partial charge in [-0.3, -0.25) is 4.79 Å². The fraction of sp³-hybridized carbons (Fsp3) is 0.500. The number of carbonyl (C=O) groups is 1. The van der Waals surface area contributed by atoms with Crippen LogP contribution < -0.4 is 5.32 Å². The Balaban J connectivity index is 2.11. The van der Waals surface area contributed by atoms with Crippen molar-refractivity contribution >= 4 is 40.6 Å². The Kier molecular flexibility index (Phi) is 6.87. The molecule has 0 aliphatic heterocycles. The second-order valence-corrected chi connectivity index (χ2v) is 5.99. The van der Waals surface area contributed by atoms with Gasteiger partial charge in [-0.2, -0.15) is 11.8 Å². The Morgan fingerprint density at radius 1 is 1.50 bits per heavy atom. The topological polar surface area (TPSA) is 49.3 Å². The van der Waals surface area contributed by atoms with Gasteiger partial charge in [-0.15, -0.1) is 11.3 Å². The lowest BCUT2D eigenvalue weighted by Gasteiger charge is -2.02. The smallest absolute Gasteiger partial charge is 0.261 e. The summed E-state index contributed by atoms with van der Waals surface area (Å²) in [5.41, 5.74) is 0. The molecule has 0 saturated carbocycles. The predicted octanol–water partition coefficient (Wildman–Crippen LogP) is 2.25. The van der Waals surface area contributed by atoms with E-state index in [4.69, 9.17) is 16.7 Å². The summed E-state index contributed by atoms with van der Waals surface area (Å²) in [4.78, 5) is 12.2. The molecule has 0 atom stereocenters. The van der Waals surface area contributed by atoms with E-state index in [2.05, 4.69) is 5.32 Å². The molecule has 0 unspecified atom stereocenters. The molecule has 0 spiro atoms. The third-order valence-corrected chi connectivity index (χ3v) is 4.08. The average Bonchev–Trinajstić information content (AvgIpc) is 2.70. The molecule has 1 aromatic heterocycles. The number of nitrogens with one attached hydrogen (secondary N) is 1. The molecule has 0 aliphatic carbocycles. The van der Waals surface area contributed by atoms with E-state index in [1.54, 1.807) is 23.9 Å². The standard InChI is InChI=1S/C10H14ClNO2S2/c11-9-3-2-8(16-9)10(14)12-4-7-15-6-1-5-13/h2-3,13H,1,4-7H2,(H,12,14). The maximum Gasteiger partial charge on any atom is 0.261 e. The highest BCUT2D eigenvalue weighted by molar-refractivity contribution is 7.99. The van der Waals surface area contributed by atoms with Gasteiger partial charge in [-0.1, -0.05) is 11.6 Å². The van der Waals surface area contributed by atoms with Crippen LogP contribution in [-0.4, -0.2) is 35.7 Å². The SMILES string of the molecule is O=C(NCCSCCCO)c1ccc(Cl)s1. The molecule has 90 valence electrons. The number of amides is 1. The van der Waals surface area contributed by atoms with E-state index in [0.29, 0.717) is 15.8 Å². The van der Waals surface area contributed by atoms with E-state index in [1.807, 2.05) is 0 Å².